The highest BCUT2D eigenvalue weighted by Gasteiger charge is 2.12. The lowest BCUT2D eigenvalue weighted by Gasteiger charge is -2.13. The zero-order chi connectivity index (χ0) is 22.6. The molecule has 5 aromatic rings. The van der Waals surface area contributed by atoms with E-state index < -0.39 is 0 Å². The molecule has 0 unspecified atom stereocenters. The number of benzene rings is 4. The summed E-state index contributed by atoms with van der Waals surface area (Å²) in [6, 6.07) is 31.0. The molecular weight excluding hydrogens is 408 g/mol. The quantitative estimate of drug-likeness (QED) is 0.263. The van der Waals surface area contributed by atoms with Crippen molar-refractivity contribution in [3.05, 3.63) is 102 Å². The van der Waals surface area contributed by atoms with Gasteiger partial charge in [-0.2, -0.15) is 0 Å². The van der Waals surface area contributed by atoms with Crippen LogP contribution in [0.4, 0.5) is 0 Å². The van der Waals surface area contributed by atoms with Crippen LogP contribution in [0.1, 0.15) is 31.2 Å². The Bertz CT molecular complexity index is 1360. The predicted octanol–water partition coefficient (Wildman–Crippen LogP) is 6.97. The van der Waals surface area contributed by atoms with Crippen molar-refractivity contribution in [1.82, 2.24) is 9.55 Å². The van der Waals surface area contributed by atoms with Crippen molar-refractivity contribution in [2.75, 3.05) is 6.61 Å². The van der Waals surface area contributed by atoms with E-state index in [2.05, 4.69) is 54.8 Å². The second-order valence-electron chi connectivity index (χ2n) is 8.51. The molecule has 0 saturated carbocycles. The minimum atomic E-state index is 0.395. The summed E-state index contributed by atoms with van der Waals surface area (Å²) in [6.07, 6.45) is 0. The molecule has 1 aromatic heterocycles. The van der Waals surface area contributed by atoms with Gasteiger partial charge < -0.3 is 14.0 Å². The second-order valence-corrected chi connectivity index (χ2v) is 8.51. The first-order valence-electron chi connectivity index (χ1n) is 11.5. The Hall–Kier alpha value is -3.79. The van der Waals surface area contributed by atoms with Gasteiger partial charge in [-0.3, -0.25) is 0 Å². The van der Waals surface area contributed by atoms with Crippen LogP contribution in [0, 0.1) is 0 Å². The third kappa shape index (κ3) is 4.56. The van der Waals surface area contributed by atoms with Crippen molar-refractivity contribution in [2.45, 2.75) is 32.9 Å². The van der Waals surface area contributed by atoms with Crippen LogP contribution in [0.5, 0.6) is 11.5 Å². The summed E-state index contributed by atoms with van der Waals surface area (Å²) in [6.45, 7) is 6.04. The lowest BCUT2D eigenvalue weighted by atomic mass is 10.0. The lowest BCUT2D eigenvalue weighted by Crippen LogP contribution is -2.13. The molecule has 166 valence electrons. The molecule has 5 rings (SSSR count). The summed E-state index contributed by atoms with van der Waals surface area (Å²) >= 11 is 0. The van der Waals surface area contributed by atoms with E-state index in [1.165, 1.54) is 10.9 Å². The summed E-state index contributed by atoms with van der Waals surface area (Å²) in [5.41, 5.74) is 3.37. The van der Waals surface area contributed by atoms with Crippen LogP contribution in [0.3, 0.4) is 0 Å². The van der Waals surface area contributed by atoms with Crippen LogP contribution in [-0.4, -0.2) is 16.2 Å². The van der Waals surface area contributed by atoms with Crippen molar-refractivity contribution in [2.24, 2.45) is 0 Å². The maximum Gasteiger partial charge on any atom is 0.148 e. The fraction of sp³-hybridized carbons (Fsp3) is 0.207. The van der Waals surface area contributed by atoms with Crippen molar-refractivity contribution in [1.29, 1.82) is 0 Å². The molecule has 4 heteroatoms. The lowest BCUT2D eigenvalue weighted by molar-refractivity contribution is 0.274. The number of nitrogens with zero attached hydrogens (tertiary/aromatic N) is 2. The Labute approximate surface area is 194 Å². The van der Waals surface area contributed by atoms with Gasteiger partial charge in [-0.15, -0.1) is 0 Å². The second kappa shape index (κ2) is 9.37. The number of aromatic nitrogens is 2. The number of para-hydroxylation sites is 2. The summed E-state index contributed by atoms with van der Waals surface area (Å²) in [4.78, 5) is 4.85. The average Bonchev–Trinajstić information content (AvgIpc) is 3.20. The maximum atomic E-state index is 6.25. The summed E-state index contributed by atoms with van der Waals surface area (Å²) < 4.78 is 14.5. The van der Waals surface area contributed by atoms with Gasteiger partial charge in [0.1, 0.15) is 30.5 Å². The molecule has 0 saturated heterocycles. The van der Waals surface area contributed by atoms with Gasteiger partial charge in [0.2, 0.25) is 0 Å². The molecule has 0 atom stereocenters. The molecule has 0 amide bonds. The predicted molar refractivity (Wildman–Crippen MR) is 134 cm³/mol. The van der Waals surface area contributed by atoms with Crippen LogP contribution < -0.4 is 9.47 Å². The Morgan fingerprint density at radius 2 is 1.55 bits per heavy atom. The van der Waals surface area contributed by atoms with Gasteiger partial charge in [-0.05, 0) is 47.2 Å². The van der Waals surface area contributed by atoms with Crippen molar-refractivity contribution in [3.8, 4) is 11.5 Å². The fourth-order valence-corrected chi connectivity index (χ4v) is 4.15. The summed E-state index contributed by atoms with van der Waals surface area (Å²) in [5.74, 6) is 3.16. The van der Waals surface area contributed by atoms with Gasteiger partial charge in [0.15, 0.2) is 0 Å². The molecule has 0 aliphatic heterocycles. The highest BCUT2D eigenvalue weighted by atomic mass is 16.5. The monoisotopic (exact) mass is 436 g/mol. The zero-order valence-corrected chi connectivity index (χ0v) is 19.1. The summed E-state index contributed by atoms with van der Waals surface area (Å²) in [7, 11) is 0. The minimum absolute atomic E-state index is 0.395. The van der Waals surface area contributed by atoms with Gasteiger partial charge in [-0.1, -0.05) is 74.5 Å². The van der Waals surface area contributed by atoms with E-state index in [4.69, 9.17) is 14.5 Å². The Balaban J connectivity index is 1.34. The highest BCUT2D eigenvalue weighted by Crippen LogP contribution is 2.26. The molecule has 0 bridgehead atoms. The standard InChI is InChI=1S/C29H28N2O2/c1-21(2)22-14-16-24(17-15-22)32-19-18-31-27-12-6-5-11-26(27)30-29(31)20-33-28-13-7-9-23-8-3-4-10-25(23)28/h3-17,21H,18-20H2,1-2H3. The number of rotatable bonds is 8. The van der Waals surface area contributed by atoms with E-state index >= 15 is 0 Å². The van der Waals surface area contributed by atoms with Crippen LogP contribution in [0.2, 0.25) is 0 Å². The molecule has 4 aromatic carbocycles. The van der Waals surface area contributed by atoms with Crippen LogP contribution in [-0.2, 0) is 13.2 Å². The first kappa shape index (κ1) is 21.1. The van der Waals surface area contributed by atoms with Gasteiger partial charge in [-0.25, -0.2) is 4.98 Å². The highest BCUT2D eigenvalue weighted by molar-refractivity contribution is 5.88. The third-order valence-corrected chi connectivity index (χ3v) is 5.97. The van der Waals surface area contributed by atoms with Gasteiger partial charge in [0, 0.05) is 5.39 Å². The molecule has 0 N–H and O–H groups in total. The van der Waals surface area contributed by atoms with Crippen LogP contribution >= 0.6 is 0 Å². The van der Waals surface area contributed by atoms with Gasteiger partial charge in [0.05, 0.1) is 17.6 Å². The Morgan fingerprint density at radius 3 is 2.39 bits per heavy atom. The van der Waals surface area contributed by atoms with E-state index in [9.17, 15) is 0 Å². The van der Waals surface area contributed by atoms with E-state index in [0.29, 0.717) is 25.7 Å². The topological polar surface area (TPSA) is 36.3 Å². The Kier molecular flexibility index (Phi) is 5.99. The number of ether oxygens (including phenoxy) is 2. The summed E-state index contributed by atoms with van der Waals surface area (Å²) in [5, 5.41) is 2.27. The minimum Gasteiger partial charge on any atom is -0.492 e. The zero-order valence-electron chi connectivity index (χ0n) is 19.1. The molecule has 4 nitrogen and oxygen atoms in total. The average molecular weight is 437 g/mol. The molecule has 0 spiro atoms. The van der Waals surface area contributed by atoms with E-state index in [0.717, 1.165) is 33.7 Å². The van der Waals surface area contributed by atoms with Crippen molar-refractivity contribution >= 4 is 21.8 Å². The van der Waals surface area contributed by atoms with Gasteiger partial charge in [0.25, 0.3) is 0 Å². The molecule has 33 heavy (non-hydrogen) atoms. The molecule has 1 heterocycles. The maximum absolute atomic E-state index is 6.25. The molecule has 0 aliphatic rings. The first-order valence-corrected chi connectivity index (χ1v) is 11.5. The van der Waals surface area contributed by atoms with E-state index in [1.54, 1.807) is 0 Å². The normalized spacial score (nSPS) is 11.4. The van der Waals surface area contributed by atoms with Crippen molar-refractivity contribution < 1.29 is 9.47 Å². The molecular formula is C29H28N2O2. The molecule has 0 radical (unpaired) electrons. The Morgan fingerprint density at radius 1 is 0.788 bits per heavy atom. The van der Waals surface area contributed by atoms with E-state index in [-0.39, 0.29) is 0 Å². The van der Waals surface area contributed by atoms with Gasteiger partial charge >= 0.3 is 0 Å². The van der Waals surface area contributed by atoms with E-state index in [1.807, 2.05) is 54.6 Å². The van der Waals surface area contributed by atoms with Crippen LogP contribution in [0.25, 0.3) is 21.8 Å². The van der Waals surface area contributed by atoms with Crippen molar-refractivity contribution in [3.63, 3.8) is 0 Å². The number of hydrogen-bond donors (Lipinski definition) is 0. The fourth-order valence-electron chi connectivity index (χ4n) is 4.15. The largest absolute Gasteiger partial charge is 0.492 e. The number of imidazole rings is 1. The smallest absolute Gasteiger partial charge is 0.148 e. The number of hydrogen-bond acceptors (Lipinski definition) is 3. The van der Waals surface area contributed by atoms with Crippen LogP contribution in [0.15, 0.2) is 91.0 Å². The first-order chi connectivity index (χ1) is 16.2. The molecule has 0 fully saturated rings. The third-order valence-electron chi connectivity index (χ3n) is 5.97. The SMILES string of the molecule is CC(C)c1ccc(OCCn2c(COc3cccc4ccccc34)nc3ccccc32)cc1. The molecule has 0 aliphatic carbocycles. The number of fused-ring (bicyclic) bond motifs is 2.